The predicted octanol–water partition coefficient (Wildman–Crippen LogP) is 2.12. The highest BCUT2D eigenvalue weighted by atomic mass is 79.9. The number of halogens is 1. The van der Waals surface area contributed by atoms with E-state index >= 15 is 0 Å². The Hall–Kier alpha value is -1.03. The molecule has 3 nitrogen and oxygen atoms in total. The number of carbonyl (C=O) groups excluding carboxylic acids is 1. The summed E-state index contributed by atoms with van der Waals surface area (Å²) in [5.41, 5.74) is 0.382. The van der Waals surface area contributed by atoms with E-state index in [4.69, 9.17) is 5.11 Å². The molecule has 70 valence electrons. The minimum absolute atomic E-state index is 0.00475. The van der Waals surface area contributed by atoms with Crippen LogP contribution < -0.4 is 0 Å². The topological polar surface area (TPSA) is 57.5 Å². The Labute approximate surface area is 84.1 Å². The minimum atomic E-state index is -0.570. The van der Waals surface area contributed by atoms with Crippen LogP contribution in [0.4, 0.5) is 0 Å². The molecule has 0 aromatic heterocycles. The van der Waals surface area contributed by atoms with Gasteiger partial charge in [0.2, 0.25) is 0 Å². The average Bonchev–Trinajstić information content (AvgIpc) is 2.08. The van der Waals surface area contributed by atoms with Crippen molar-refractivity contribution in [3.63, 3.8) is 0 Å². The smallest absolute Gasteiger partial charge is 0.147 e. The maximum Gasteiger partial charge on any atom is 0.147 e. The van der Waals surface area contributed by atoms with Gasteiger partial charge in [0.25, 0.3) is 0 Å². The van der Waals surface area contributed by atoms with Crippen LogP contribution in [-0.4, -0.2) is 16.0 Å². The zero-order valence-electron chi connectivity index (χ0n) is 6.99. The molecule has 1 atom stereocenters. The van der Waals surface area contributed by atoms with Gasteiger partial charge in [-0.25, -0.2) is 0 Å². The van der Waals surface area contributed by atoms with Crippen molar-refractivity contribution >= 4 is 21.7 Å². The molecule has 0 saturated heterocycles. The van der Waals surface area contributed by atoms with E-state index in [1.807, 2.05) is 0 Å². The van der Waals surface area contributed by atoms with E-state index in [0.29, 0.717) is 5.56 Å². The van der Waals surface area contributed by atoms with E-state index in [0.717, 1.165) is 0 Å². The Morgan fingerprint density at radius 3 is 2.62 bits per heavy atom. The molecule has 1 aromatic carbocycles. The van der Waals surface area contributed by atoms with Gasteiger partial charge >= 0.3 is 0 Å². The van der Waals surface area contributed by atoms with Gasteiger partial charge in [-0.1, -0.05) is 15.9 Å². The number of phenols is 2. The van der Waals surface area contributed by atoms with Crippen molar-refractivity contribution in [3.05, 3.63) is 23.8 Å². The fourth-order valence-electron chi connectivity index (χ4n) is 0.964. The summed E-state index contributed by atoms with van der Waals surface area (Å²) in [6.07, 6.45) is 0. The summed E-state index contributed by atoms with van der Waals surface area (Å²) in [5, 5.41) is 18.5. The largest absolute Gasteiger partial charge is 0.508 e. The minimum Gasteiger partial charge on any atom is -0.508 e. The number of hydrogen-bond donors (Lipinski definition) is 2. The fraction of sp³-hybridized carbons (Fsp3) is 0.222. The van der Waals surface area contributed by atoms with Gasteiger partial charge in [0.1, 0.15) is 22.1 Å². The van der Waals surface area contributed by atoms with Gasteiger partial charge in [0, 0.05) is 5.56 Å². The highest BCUT2D eigenvalue weighted by Crippen LogP contribution is 2.33. The maximum absolute atomic E-state index is 11.0. The van der Waals surface area contributed by atoms with E-state index in [2.05, 4.69) is 15.9 Å². The van der Waals surface area contributed by atoms with Crippen LogP contribution in [0.25, 0.3) is 0 Å². The number of rotatable bonds is 2. The van der Waals surface area contributed by atoms with Crippen molar-refractivity contribution in [2.24, 2.45) is 0 Å². The van der Waals surface area contributed by atoms with Crippen molar-refractivity contribution in [2.75, 3.05) is 0 Å². The number of ketones is 1. The lowest BCUT2D eigenvalue weighted by Gasteiger charge is -2.08. The molecule has 0 saturated carbocycles. The Bertz CT molecular complexity index is 336. The van der Waals surface area contributed by atoms with Gasteiger partial charge in [0.05, 0.1) is 0 Å². The molecule has 0 spiro atoms. The first-order chi connectivity index (χ1) is 6.02. The van der Waals surface area contributed by atoms with Gasteiger partial charge in [-0.2, -0.15) is 0 Å². The van der Waals surface area contributed by atoms with E-state index in [1.165, 1.54) is 25.1 Å². The number of alkyl halides is 1. The molecule has 1 unspecified atom stereocenters. The normalized spacial score (nSPS) is 12.5. The molecule has 0 heterocycles. The molecular formula is C9H9BrO3. The maximum atomic E-state index is 11.0. The Morgan fingerprint density at radius 1 is 1.46 bits per heavy atom. The van der Waals surface area contributed by atoms with Crippen LogP contribution in [-0.2, 0) is 4.79 Å². The van der Waals surface area contributed by atoms with Crippen LogP contribution in [0.1, 0.15) is 17.3 Å². The average molecular weight is 245 g/mol. The highest BCUT2D eigenvalue weighted by Gasteiger charge is 2.16. The molecule has 0 aliphatic heterocycles. The third-order valence-electron chi connectivity index (χ3n) is 1.64. The van der Waals surface area contributed by atoms with Gasteiger partial charge in [-0.05, 0) is 25.1 Å². The third kappa shape index (κ3) is 2.21. The molecule has 2 N–H and O–H groups in total. The number of aromatic hydroxyl groups is 2. The molecule has 0 aliphatic rings. The van der Waals surface area contributed by atoms with Crippen LogP contribution >= 0.6 is 15.9 Å². The highest BCUT2D eigenvalue weighted by molar-refractivity contribution is 9.09. The molecule has 0 radical (unpaired) electrons. The first kappa shape index (κ1) is 10.1. The first-order valence-electron chi connectivity index (χ1n) is 3.68. The second kappa shape index (κ2) is 3.79. The lowest BCUT2D eigenvalue weighted by Crippen LogP contribution is -2.00. The molecule has 1 rings (SSSR count). The zero-order chi connectivity index (χ0) is 10.0. The fourth-order valence-corrected chi connectivity index (χ4v) is 1.33. The summed E-state index contributed by atoms with van der Waals surface area (Å²) >= 11 is 3.11. The second-order valence-corrected chi connectivity index (χ2v) is 3.63. The van der Waals surface area contributed by atoms with E-state index in [9.17, 15) is 9.90 Å². The summed E-state index contributed by atoms with van der Waals surface area (Å²) < 4.78 is 0. The van der Waals surface area contributed by atoms with Crippen LogP contribution in [0.2, 0.25) is 0 Å². The number of carbonyl (C=O) groups is 1. The quantitative estimate of drug-likeness (QED) is 0.619. The zero-order valence-corrected chi connectivity index (χ0v) is 8.58. The summed E-state index contributed by atoms with van der Waals surface area (Å²) in [4.78, 5) is 10.4. The second-order valence-electron chi connectivity index (χ2n) is 2.72. The van der Waals surface area contributed by atoms with Crippen LogP contribution in [0.15, 0.2) is 18.2 Å². The number of Topliss-reactive ketones (excluding diaryl/α,β-unsaturated/α-hetero) is 1. The molecular weight excluding hydrogens is 236 g/mol. The summed E-state index contributed by atoms with van der Waals surface area (Å²) in [6.45, 7) is 1.41. The number of benzene rings is 1. The molecule has 13 heavy (non-hydrogen) atoms. The Kier molecular flexibility index (Phi) is 2.93. The van der Waals surface area contributed by atoms with Crippen molar-refractivity contribution in [1.82, 2.24) is 0 Å². The van der Waals surface area contributed by atoms with Crippen LogP contribution in [0, 0.1) is 0 Å². The molecule has 0 aliphatic carbocycles. The molecule has 4 heteroatoms. The lowest BCUT2D eigenvalue weighted by atomic mass is 10.1. The van der Waals surface area contributed by atoms with E-state index < -0.39 is 4.83 Å². The van der Waals surface area contributed by atoms with Crippen molar-refractivity contribution in [1.29, 1.82) is 0 Å². The monoisotopic (exact) mass is 244 g/mol. The Balaban J connectivity index is 3.12. The number of phenolic OH excluding ortho intramolecular Hbond substituents is 2. The predicted molar refractivity (Wildman–Crippen MR) is 52.1 cm³/mol. The van der Waals surface area contributed by atoms with Gasteiger partial charge in [-0.15, -0.1) is 0 Å². The molecule has 0 bridgehead atoms. The summed E-state index contributed by atoms with van der Waals surface area (Å²) in [7, 11) is 0. The first-order valence-corrected chi connectivity index (χ1v) is 4.60. The molecule has 1 aromatic rings. The summed E-state index contributed by atoms with van der Waals surface area (Å²) in [6, 6.07) is 4.07. The van der Waals surface area contributed by atoms with Crippen molar-refractivity contribution < 1.29 is 15.0 Å². The SMILES string of the molecule is CC(=O)C(Br)c1cc(O)ccc1O. The lowest BCUT2D eigenvalue weighted by molar-refractivity contribution is -0.116. The molecule has 0 fully saturated rings. The standard InChI is InChI=1S/C9H9BrO3/c1-5(11)9(10)7-4-6(12)2-3-8(7)13/h2-4,9,12-13H,1H3. The van der Waals surface area contributed by atoms with E-state index in [-0.39, 0.29) is 17.3 Å². The van der Waals surface area contributed by atoms with Gasteiger partial charge < -0.3 is 10.2 Å². The van der Waals surface area contributed by atoms with E-state index in [1.54, 1.807) is 0 Å². The number of hydrogen-bond acceptors (Lipinski definition) is 3. The van der Waals surface area contributed by atoms with Crippen molar-refractivity contribution in [3.8, 4) is 11.5 Å². The Morgan fingerprint density at radius 2 is 2.08 bits per heavy atom. The summed E-state index contributed by atoms with van der Waals surface area (Å²) in [5.74, 6) is -0.103. The molecule has 0 amide bonds. The van der Waals surface area contributed by atoms with Crippen LogP contribution in [0.5, 0.6) is 11.5 Å². The third-order valence-corrected chi connectivity index (χ3v) is 2.78. The van der Waals surface area contributed by atoms with Crippen LogP contribution in [0.3, 0.4) is 0 Å². The van der Waals surface area contributed by atoms with Crippen molar-refractivity contribution in [2.45, 2.75) is 11.8 Å². The van der Waals surface area contributed by atoms with Gasteiger partial charge in [0.15, 0.2) is 0 Å². The van der Waals surface area contributed by atoms with Gasteiger partial charge in [-0.3, -0.25) is 4.79 Å².